The molecule has 0 aliphatic heterocycles. The van der Waals surface area contributed by atoms with Gasteiger partial charge in [-0.1, -0.05) is 13.0 Å². The molecule has 0 aliphatic rings. The van der Waals surface area contributed by atoms with E-state index in [1.807, 2.05) is 18.3 Å². The number of hydrogen-bond acceptors (Lipinski definition) is 2. The SMILES string of the molecule is CCNCc1cc[c]nc1. The summed E-state index contributed by atoms with van der Waals surface area (Å²) in [6.45, 7) is 3.99. The van der Waals surface area contributed by atoms with E-state index in [9.17, 15) is 0 Å². The van der Waals surface area contributed by atoms with Gasteiger partial charge >= 0.3 is 0 Å². The van der Waals surface area contributed by atoms with Crippen LogP contribution in [0.4, 0.5) is 0 Å². The quantitative estimate of drug-likeness (QED) is 0.668. The molecule has 1 radical (unpaired) electrons. The Morgan fingerprint density at radius 2 is 2.60 bits per heavy atom. The summed E-state index contributed by atoms with van der Waals surface area (Å²) in [5.74, 6) is 0. The van der Waals surface area contributed by atoms with E-state index in [-0.39, 0.29) is 0 Å². The van der Waals surface area contributed by atoms with Crippen LogP contribution in [0.3, 0.4) is 0 Å². The van der Waals surface area contributed by atoms with Gasteiger partial charge in [-0.15, -0.1) is 0 Å². The van der Waals surface area contributed by atoms with E-state index in [2.05, 4.69) is 23.4 Å². The second-order valence-corrected chi connectivity index (χ2v) is 2.08. The number of hydrogen-bond donors (Lipinski definition) is 1. The molecule has 53 valence electrons. The Labute approximate surface area is 61.3 Å². The van der Waals surface area contributed by atoms with Crippen molar-refractivity contribution in [3.05, 3.63) is 30.1 Å². The van der Waals surface area contributed by atoms with Crippen molar-refractivity contribution in [3.8, 4) is 0 Å². The first-order chi connectivity index (χ1) is 4.93. The highest BCUT2D eigenvalue weighted by Crippen LogP contribution is 1.92. The summed E-state index contributed by atoms with van der Waals surface area (Å²) in [5, 5.41) is 3.21. The minimum absolute atomic E-state index is 0.901. The first-order valence-corrected chi connectivity index (χ1v) is 3.45. The van der Waals surface area contributed by atoms with Gasteiger partial charge in [-0.05, 0) is 18.2 Å². The summed E-state index contributed by atoms with van der Waals surface area (Å²) >= 11 is 0. The fourth-order valence-electron chi connectivity index (χ4n) is 0.724. The van der Waals surface area contributed by atoms with Crippen molar-refractivity contribution in [1.82, 2.24) is 10.3 Å². The molecule has 0 atom stereocenters. The lowest BCUT2D eigenvalue weighted by Gasteiger charge is -1.98. The van der Waals surface area contributed by atoms with Gasteiger partial charge in [0.15, 0.2) is 0 Å². The Morgan fingerprint density at radius 1 is 1.70 bits per heavy atom. The van der Waals surface area contributed by atoms with Gasteiger partial charge in [0, 0.05) is 12.7 Å². The first kappa shape index (κ1) is 7.22. The van der Waals surface area contributed by atoms with Gasteiger partial charge in [-0.3, -0.25) is 4.98 Å². The third-order valence-electron chi connectivity index (χ3n) is 1.26. The second-order valence-electron chi connectivity index (χ2n) is 2.08. The predicted octanol–water partition coefficient (Wildman–Crippen LogP) is 0.991. The Bertz CT molecular complexity index is 172. The molecule has 1 rings (SSSR count). The molecule has 10 heavy (non-hydrogen) atoms. The van der Waals surface area contributed by atoms with Crippen LogP contribution in [0.1, 0.15) is 12.5 Å². The van der Waals surface area contributed by atoms with Gasteiger partial charge in [0.25, 0.3) is 0 Å². The van der Waals surface area contributed by atoms with Gasteiger partial charge in [0.2, 0.25) is 0 Å². The van der Waals surface area contributed by atoms with Crippen LogP contribution in [0.2, 0.25) is 0 Å². The smallest absolute Gasteiger partial charge is 0.0886 e. The molecular formula is C8H11N2. The molecule has 0 saturated carbocycles. The zero-order valence-corrected chi connectivity index (χ0v) is 6.09. The largest absolute Gasteiger partial charge is 0.313 e. The van der Waals surface area contributed by atoms with Crippen LogP contribution in [-0.4, -0.2) is 11.5 Å². The second kappa shape index (κ2) is 4.01. The van der Waals surface area contributed by atoms with Gasteiger partial charge in [-0.25, -0.2) is 0 Å². The summed E-state index contributed by atoms with van der Waals surface area (Å²) in [7, 11) is 0. The average Bonchev–Trinajstić information content (AvgIpc) is 2.03. The van der Waals surface area contributed by atoms with Crippen molar-refractivity contribution < 1.29 is 0 Å². The van der Waals surface area contributed by atoms with E-state index in [1.165, 1.54) is 5.56 Å². The Hall–Kier alpha value is -0.890. The highest BCUT2D eigenvalue weighted by molar-refractivity contribution is 5.06. The lowest BCUT2D eigenvalue weighted by atomic mass is 10.3. The monoisotopic (exact) mass is 135 g/mol. The number of aromatic nitrogens is 1. The highest BCUT2D eigenvalue weighted by atomic mass is 14.8. The topological polar surface area (TPSA) is 24.9 Å². The molecule has 0 aliphatic carbocycles. The average molecular weight is 135 g/mol. The molecule has 0 amide bonds. The molecule has 0 unspecified atom stereocenters. The van der Waals surface area contributed by atoms with Crippen molar-refractivity contribution in [2.24, 2.45) is 0 Å². The summed E-state index contributed by atoms with van der Waals surface area (Å²) in [5.41, 5.74) is 1.21. The van der Waals surface area contributed by atoms with Crippen LogP contribution in [0.5, 0.6) is 0 Å². The zero-order chi connectivity index (χ0) is 7.23. The van der Waals surface area contributed by atoms with Crippen LogP contribution in [0.15, 0.2) is 18.3 Å². The Balaban J connectivity index is 2.43. The first-order valence-electron chi connectivity index (χ1n) is 3.45. The number of rotatable bonds is 3. The van der Waals surface area contributed by atoms with Crippen molar-refractivity contribution in [3.63, 3.8) is 0 Å². The van der Waals surface area contributed by atoms with Crippen LogP contribution in [0.25, 0.3) is 0 Å². The van der Waals surface area contributed by atoms with Gasteiger partial charge in [0.1, 0.15) is 0 Å². The number of nitrogens with one attached hydrogen (secondary N) is 1. The molecule has 0 bridgehead atoms. The third-order valence-corrected chi connectivity index (χ3v) is 1.26. The van der Waals surface area contributed by atoms with E-state index in [4.69, 9.17) is 0 Å². The van der Waals surface area contributed by atoms with Gasteiger partial charge < -0.3 is 5.32 Å². The van der Waals surface area contributed by atoms with Crippen molar-refractivity contribution >= 4 is 0 Å². The van der Waals surface area contributed by atoms with Crippen LogP contribution >= 0.6 is 0 Å². The number of pyridine rings is 1. The predicted molar refractivity (Wildman–Crippen MR) is 40.5 cm³/mol. The lowest BCUT2D eigenvalue weighted by molar-refractivity contribution is 0.724. The van der Waals surface area contributed by atoms with E-state index in [0.717, 1.165) is 13.1 Å². The van der Waals surface area contributed by atoms with E-state index in [0.29, 0.717) is 0 Å². The fraction of sp³-hybridized carbons (Fsp3) is 0.375. The van der Waals surface area contributed by atoms with Crippen LogP contribution in [-0.2, 0) is 6.54 Å². The van der Waals surface area contributed by atoms with E-state index >= 15 is 0 Å². The van der Waals surface area contributed by atoms with Gasteiger partial charge in [0.05, 0.1) is 6.20 Å². The maximum absolute atomic E-state index is 3.87. The molecule has 0 spiro atoms. The maximum Gasteiger partial charge on any atom is 0.0886 e. The molecule has 1 heterocycles. The number of nitrogens with zero attached hydrogens (tertiary/aromatic N) is 1. The molecule has 1 aromatic rings. The van der Waals surface area contributed by atoms with Crippen LogP contribution < -0.4 is 5.32 Å². The summed E-state index contributed by atoms with van der Waals surface area (Å²) in [6, 6.07) is 3.84. The normalized spacial score (nSPS) is 9.70. The summed E-state index contributed by atoms with van der Waals surface area (Å²) in [4.78, 5) is 3.87. The molecular weight excluding hydrogens is 124 g/mol. The molecule has 0 aromatic carbocycles. The zero-order valence-electron chi connectivity index (χ0n) is 6.09. The summed E-state index contributed by atoms with van der Waals surface area (Å²) < 4.78 is 0. The molecule has 2 nitrogen and oxygen atoms in total. The van der Waals surface area contributed by atoms with Crippen molar-refractivity contribution in [2.45, 2.75) is 13.5 Å². The van der Waals surface area contributed by atoms with E-state index < -0.39 is 0 Å². The molecule has 0 saturated heterocycles. The van der Waals surface area contributed by atoms with Crippen molar-refractivity contribution in [1.29, 1.82) is 0 Å². The highest BCUT2D eigenvalue weighted by Gasteiger charge is 1.87. The minimum Gasteiger partial charge on any atom is -0.313 e. The Morgan fingerprint density at radius 3 is 3.20 bits per heavy atom. The molecule has 0 fully saturated rings. The standard InChI is InChI=1S/C8H11N2/c1-2-9-6-8-4-3-5-10-7-8/h3-4,7,9H,2,6H2,1H3. The minimum atomic E-state index is 0.901. The Kier molecular flexibility index (Phi) is 2.90. The summed E-state index contributed by atoms with van der Waals surface area (Å²) in [6.07, 6.45) is 4.55. The molecule has 2 heteroatoms. The molecule has 1 N–H and O–H groups in total. The van der Waals surface area contributed by atoms with Crippen molar-refractivity contribution in [2.75, 3.05) is 6.54 Å². The van der Waals surface area contributed by atoms with Gasteiger partial charge in [-0.2, -0.15) is 0 Å². The van der Waals surface area contributed by atoms with Crippen LogP contribution in [0, 0.1) is 6.20 Å². The van der Waals surface area contributed by atoms with E-state index in [1.54, 1.807) is 0 Å². The maximum atomic E-state index is 3.87. The molecule has 1 aromatic heterocycles. The fourth-order valence-corrected chi connectivity index (χ4v) is 0.724. The third kappa shape index (κ3) is 2.15. The lowest BCUT2D eigenvalue weighted by Crippen LogP contribution is -2.11.